The third-order valence-electron chi connectivity index (χ3n) is 1.66. The minimum Gasteiger partial charge on any atom is -0.481 e. The molecule has 4 N–H and O–H groups in total. The number of nitrogens with zero attached hydrogens (tertiary/aromatic N) is 1. The van der Waals surface area contributed by atoms with E-state index in [0.29, 0.717) is 0 Å². The summed E-state index contributed by atoms with van der Waals surface area (Å²) in [5.41, 5.74) is 4.96. The Bertz CT molecular complexity index is 462. The zero-order valence-electron chi connectivity index (χ0n) is 7.19. The maximum Gasteiger partial charge on any atom is 0.308 e. The number of aliphatic carboxylic acids is 1. The van der Waals surface area contributed by atoms with Crippen molar-refractivity contribution in [1.82, 2.24) is 9.55 Å². The minimum atomic E-state index is -1.07. The van der Waals surface area contributed by atoms with E-state index in [1.54, 1.807) is 0 Å². The van der Waals surface area contributed by atoms with E-state index in [2.05, 4.69) is 4.98 Å². The van der Waals surface area contributed by atoms with Crippen LogP contribution >= 0.6 is 12.2 Å². The minimum absolute atomic E-state index is 0.0678. The SMILES string of the molecule is NCn1c(=S)[nH]cc(CC(=O)O)c1=O. The maximum absolute atomic E-state index is 11.5. The maximum atomic E-state index is 11.5. The lowest BCUT2D eigenvalue weighted by Gasteiger charge is -2.03. The first kappa shape index (κ1) is 10.6. The molecule has 1 aromatic heterocycles. The second-order valence-electron chi connectivity index (χ2n) is 2.61. The molecule has 14 heavy (non-hydrogen) atoms. The third kappa shape index (κ3) is 2.06. The lowest BCUT2D eigenvalue weighted by Crippen LogP contribution is -2.29. The van der Waals surface area contributed by atoms with Crippen molar-refractivity contribution in [1.29, 1.82) is 0 Å². The van der Waals surface area contributed by atoms with Gasteiger partial charge in [-0.05, 0) is 12.2 Å². The van der Waals surface area contributed by atoms with Crippen LogP contribution in [0, 0.1) is 4.77 Å². The molecule has 1 rings (SSSR count). The van der Waals surface area contributed by atoms with Gasteiger partial charge in [-0.15, -0.1) is 0 Å². The Hall–Kier alpha value is -1.47. The lowest BCUT2D eigenvalue weighted by molar-refractivity contribution is -0.136. The number of nitrogens with one attached hydrogen (secondary N) is 1. The highest BCUT2D eigenvalue weighted by atomic mass is 32.1. The lowest BCUT2D eigenvalue weighted by atomic mass is 10.2. The molecule has 0 spiro atoms. The number of hydrogen-bond donors (Lipinski definition) is 3. The highest BCUT2D eigenvalue weighted by Gasteiger charge is 2.07. The number of H-pyrrole nitrogens is 1. The highest BCUT2D eigenvalue weighted by molar-refractivity contribution is 7.71. The number of nitrogens with two attached hydrogens (primary N) is 1. The van der Waals surface area contributed by atoms with Gasteiger partial charge in [0, 0.05) is 11.8 Å². The van der Waals surface area contributed by atoms with Crippen LogP contribution in [-0.2, 0) is 17.9 Å². The Morgan fingerprint density at radius 3 is 2.86 bits per heavy atom. The number of carboxylic acids is 1. The first-order valence-electron chi connectivity index (χ1n) is 3.79. The standard InChI is InChI=1S/C7H9N3O3S/c8-3-10-6(13)4(1-5(11)12)2-9-7(10)14/h2H,1,3,8H2,(H,9,14)(H,11,12). The van der Waals surface area contributed by atoms with E-state index in [1.165, 1.54) is 6.20 Å². The molecule has 0 amide bonds. The molecule has 0 aliphatic rings. The first-order valence-corrected chi connectivity index (χ1v) is 4.20. The molecule has 0 aliphatic carbocycles. The zero-order chi connectivity index (χ0) is 10.7. The molecule has 76 valence electrons. The van der Waals surface area contributed by atoms with Crippen molar-refractivity contribution in [2.75, 3.05) is 0 Å². The van der Waals surface area contributed by atoms with E-state index in [4.69, 9.17) is 23.1 Å². The molecule has 0 saturated carbocycles. The van der Waals surface area contributed by atoms with E-state index in [1.807, 2.05) is 0 Å². The largest absolute Gasteiger partial charge is 0.481 e. The van der Waals surface area contributed by atoms with Gasteiger partial charge in [-0.2, -0.15) is 0 Å². The number of hydrogen-bond acceptors (Lipinski definition) is 4. The molecule has 0 unspecified atom stereocenters. The molecule has 6 nitrogen and oxygen atoms in total. The van der Waals surface area contributed by atoms with Gasteiger partial charge in [0.15, 0.2) is 4.77 Å². The van der Waals surface area contributed by atoms with Gasteiger partial charge in [0.25, 0.3) is 5.56 Å². The van der Waals surface area contributed by atoms with E-state index >= 15 is 0 Å². The van der Waals surface area contributed by atoms with Crippen LogP contribution in [-0.4, -0.2) is 20.6 Å². The van der Waals surface area contributed by atoms with Crippen LogP contribution in [0.3, 0.4) is 0 Å². The van der Waals surface area contributed by atoms with Crippen LogP contribution in [0.15, 0.2) is 11.0 Å². The summed E-state index contributed by atoms with van der Waals surface area (Å²) in [7, 11) is 0. The third-order valence-corrected chi connectivity index (χ3v) is 2.00. The van der Waals surface area contributed by atoms with Gasteiger partial charge in [0.2, 0.25) is 0 Å². The van der Waals surface area contributed by atoms with Crippen molar-refractivity contribution in [3.05, 3.63) is 26.9 Å². The quantitative estimate of drug-likeness (QED) is 0.587. The Labute approximate surface area is 84.0 Å². The Morgan fingerprint density at radius 2 is 2.36 bits per heavy atom. The molecule has 7 heteroatoms. The zero-order valence-corrected chi connectivity index (χ0v) is 8.00. The normalized spacial score (nSPS) is 10.1. The molecule has 0 fully saturated rings. The second kappa shape index (κ2) is 4.16. The number of carbonyl (C=O) groups is 1. The average molecular weight is 215 g/mol. The molecule has 0 saturated heterocycles. The number of rotatable bonds is 3. The fourth-order valence-electron chi connectivity index (χ4n) is 1.01. The molecule has 0 radical (unpaired) electrons. The van der Waals surface area contributed by atoms with Crippen LogP contribution < -0.4 is 11.3 Å². The summed E-state index contributed by atoms with van der Waals surface area (Å²) in [6.45, 7) is -0.0678. The Kier molecular flexibility index (Phi) is 3.15. The first-order chi connectivity index (χ1) is 6.56. The van der Waals surface area contributed by atoms with E-state index in [-0.39, 0.29) is 23.4 Å². The summed E-state index contributed by atoms with van der Waals surface area (Å²) in [5.74, 6) is -1.07. The smallest absolute Gasteiger partial charge is 0.308 e. The van der Waals surface area contributed by atoms with E-state index in [9.17, 15) is 9.59 Å². The van der Waals surface area contributed by atoms with Crippen molar-refractivity contribution in [2.45, 2.75) is 13.1 Å². The van der Waals surface area contributed by atoms with Crippen LogP contribution in [0.4, 0.5) is 0 Å². The van der Waals surface area contributed by atoms with Crippen molar-refractivity contribution < 1.29 is 9.90 Å². The van der Waals surface area contributed by atoms with Crippen LogP contribution in [0.5, 0.6) is 0 Å². The summed E-state index contributed by atoms with van der Waals surface area (Å²) < 4.78 is 1.29. The number of aromatic amines is 1. The summed E-state index contributed by atoms with van der Waals surface area (Å²) in [6.07, 6.45) is 0.954. The fourth-order valence-corrected chi connectivity index (χ4v) is 1.23. The average Bonchev–Trinajstić information content (AvgIpc) is 2.10. The Balaban J connectivity index is 3.29. The van der Waals surface area contributed by atoms with E-state index in [0.717, 1.165) is 4.57 Å². The van der Waals surface area contributed by atoms with Gasteiger partial charge in [0.05, 0.1) is 13.1 Å². The predicted octanol–water partition coefficient (Wildman–Crippen LogP) is -0.551. The molecule has 0 aromatic carbocycles. The molecule has 0 atom stereocenters. The van der Waals surface area contributed by atoms with Crippen molar-refractivity contribution >= 4 is 18.2 Å². The summed E-state index contributed by atoms with van der Waals surface area (Å²) in [6, 6.07) is 0. The second-order valence-corrected chi connectivity index (χ2v) is 2.99. The summed E-state index contributed by atoms with van der Waals surface area (Å²) >= 11 is 4.79. The molecule has 1 aromatic rings. The van der Waals surface area contributed by atoms with Gasteiger partial charge >= 0.3 is 5.97 Å². The van der Waals surface area contributed by atoms with Gasteiger partial charge < -0.3 is 15.8 Å². The van der Waals surface area contributed by atoms with Crippen LogP contribution in [0.25, 0.3) is 0 Å². The highest BCUT2D eigenvalue weighted by Crippen LogP contribution is 1.91. The molecule has 1 heterocycles. The predicted molar refractivity (Wildman–Crippen MR) is 51.4 cm³/mol. The van der Waals surface area contributed by atoms with Crippen molar-refractivity contribution in [3.8, 4) is 0 Å². The summed E-state index contributed by atoms with van der Waals surface area (Å²) in [4.78, 5) is 24.5. The fraction of sp³-hybridized carbons (Fsp3) is 0.286. The monoisotopic (exact) mass is 215 g/mol. The van der Waals surface area contributed by atoms with Crippen LogP contribution in [0.2, 0.25) is 0 Å². The number of aromatic nitrogens is 2. The Morgan fingerprint density at radius 1 is 1.71 bits per heavy atom. The van der Waals surface area contributed by atoms with Gasteiger partial charge in [-0.3, -0.25) is 14.2 Å². The topological polar surface area (TPSA) is 101 Å². The molecular weight excluding hydrogens is 206 g/mol. The van der Waals surface area contributed by atoms with Gasteiger partial charge in [0.1, 0.15) is 0 Å². The van der Waals surface area contributed by atoms with Crippen molar-refractivity contribution in [2.24, 2.45) is 5.73 Å². The van der Waals surface area contributed by atoms with Crippen LogP contribution in [0.1, 0.15) is 5.56 Å². The summed E-state index contributed by atoms with van der Waals surface area (Å²) in [5, 5.41) is 8.50. The number of carboxylic acid groups (broad SMARTS) is 1. The molecular formula is C7H9N3O3S. The van der Waals surface area contributed by atoms with E-state index < -0.39 is 11.5 Å². The van der Waals surface area contributed by atoms with Crippen molar-refractivity contribution in [3.63, 3.8) is 0 Å². The van der Waals surface area contributed by atoms with Gasteiger partial charge in [-0.25, -0.2) is 0 Å². The molecule has 0 bridgehead atoms. The molecule has 0 aliphatic heterocycles. The van der Waals surface area contributed by atoms with Gasteiger partial charge in [-0.1, -0.05) is 0 Å².